The highest BCUT2D eigenvalue weighted by Crippen LogP contribution is 2.14. The Morgan fingerprint density at radius 3 is 2.00 bits per heavy atom. The Morgan fingerprint density at radius 2 is 1.36 bits per heavy atom. The summed E-state index contributed by atoms with van der Waals surface area (Å²) in [4.78, 5) is 77.6. The number of rotatable bonds is 13. The maximum Gasteiger partial charge on any atom is 0.305 e. The fourth-order valence-electron chi connectivity index (χ4n) is 4.69. The minimum absolute atomic E-state index is 0.0114. The number of carboxylic acids is 1. The number of amides is 4. The van der Waals surface area contributed by atoms with Crippen molar-refractivity contribution in [2.75, 3.05) is 6.54 Å². The van der Waals surface area contributed by atoms with Crippen LogP contribution in [0.4, 0.5) is 0 Å². The van der Waals surface area contributed by atoms with E-state index in [0.717, 1.165) is 0 Å². The monoisotopic (exact) mass is 617 g/mol. The van der Waals surface area contributed by atoms with Crippen LogP contribution in [0.1, 0.15) is 69.8 Å². The number of ketones is 1. The van der Waals surface area contributed by atoms with Crippen LogP contribution in [-0.2, 0) is 35.2 Å². The molecular weight excluding hydrogens is 574 g/mol. The molecule has 0 bridgehead atoms. The van der Waals surface area contributed by atoms with E-state index in [1.54, 1.807) is 0 Å². The van der Waals surface area contributed by atoms with Crippen LogP contribution < -0.4 is 32.7 Å². The normalized spacial score (nSPS) is 22.1. The molecular formula is C29H43N7O8. The number of benzene rings is 1. The summed E-state index contributed by atoms with van der Waals surface area (Å²) in [5.41, 5.74) is 11.6. The molecule has 4 amide bonds. The molecule has 44 heavy (non-hydrogen) atoms. The van der Waals surface area contributed by atoms with E-state index in [9.17, 15) is 39.0 Å². The zero-order valence-electron chi connectivity index (χ0n) is 24.6. The van der Waals surface area contributed by atoms with Gasteiger partial charge in [-0.05, 0) is 56.3 Å². The molecule has 242 valence electrons. The van der Waals surface area contributed by atoms with E-state index in [0.29, 0.717) is 44.2 Å². The predicted octanol–water partition coefficient (Wildman–Crippen LogP) is -0.663. The van der Waals surface area contributed by atoms with Crippen molar-refractivity contribution in [3.8, 4) is 5.75 Å². The van der Waals surface area contributed by atoms with Crippen LogP contribution >= 0.6 is 0 Å². The lowest BCUT2D eigenvalue weighted by molar-refractivity contribution is -0.141. The zero-order chi connectivity index (χ0) is 32.6. The lowest BCUT2D eigenvalue weighted by Crippen LogP contribution is -2.58. The molecule has 1 fully saturated rings. The van der Waals surface area contributed by atoms with Gasteiger partial charge in [-0.1, -0.05) is 18.6 Å². The van der Waals surface area contributed by atoms with Crippen LogP contribution in [0.25, 0.3) is 0 Å². The van der Waals surface area contributed by atoms with Crippen molar-refractivity contribution in [2.45, 2.75) is 94.8 Å². The summed E-state index contributed by atoms with van der Waals surface area (Å²) in [7, 11) is 0. The minimum atomic E-state index is -1.54. The molecule has 1 aliphatic heterocycles. The second-order valence-corrected chi connectivity index (χ2v) is 10.8. The molecule has 15 heteroatoms. The van der Waals surface area contributed by atoms with Crippen molar-refractivity contribution < 1.29 is 39.0 Å². The van der Waals surface area contributed by atoms with E-state index in [4.69, 9.17) is 16.9 Å². The summed E-state index contributed by atoms with van der Waals surface area (Å²) < 4.78 is 0. The number of phenols is 1. The maximum atomic E-state index is 13.6. The highest BCUT2D eigenvalue weighted by molar-refractivity contribution is 5.98. The summed E-state index contributed by atoms with van der Waals surface area (Å²) in [5.74, 6) is -4.93. The summed E-state index contributed by atoms with van der Waals surface area (Å²) >= 11 is 0. The van der Waals surface area contributed by atoms with Crippen molar-refractivity contribution in [1.29, 1.82) is 5.41 Å². The van der Waals surface area contributed by atoms with Crippen LogP contribution in [-0.4, -0.2) is 82.1 Å². The molecule has 1 aromatic carbocycles. The van der Waals surface area contributed by atoms with Gasteiger partial charge in [-0.15, -0.1) is 0 Å². The number of Topliss-reactive ketones (excluding diaryl/α,β-unsaturated/α-hetero) is 1. The Kier molecular flexibility index (Phi) is 14.8. The fraction of sp³-hybridized carbons (Fsp3) is 0.552. The summed E-state index contributed by atoms with van der Waals surface area (Å²) in [6, 6.07) is 0.932. The van der Waals surface area contributed by atoms with Crippen molar-refractivity contribution in [3.63, 3.8) is 0 Å². The quantitative estimate of drug-likeness (QED) is 0.0765. The first-order chi connectivity index (χ1) is 20.9. The number of hydrogen-bond acceptors (Lipinski definition) is 9. The number of unbranched alkanes of at least 4 members (excludes halogenated alkanes) is 2. The third-order valence-corrected chi connectivity index (χ3v) is 7.11. The third kappa shape index (κ3) is 12.8. The van der Waals surface area contributed by atoms with E-state index >= 15 is 0 Å². The number of phenolic OH excluding ortho intramolecular Hbond substituents is 1. The van der Waals surface area contributed by atoms with Crippen molar-refractivity contribution >= 4 is 41.2 Å². The Bertz CT molecular complexity index is 1190. The van der Waals surface area contributed by atoms with Crippen molar-refractivity contribution in [2.24, 2.45) is 11.5 Å². The number of amidine groups is 1. The Hall–Kier alpha value is -4.53. The zero-order valence-corrected chi connectivity index (χ0v) is 24.6. The van der Waals surface area contributed by atoms with E-state index < -0.39 is 66.0 Å². The van der Waals surface area contributed by atoms with Gasteiger partial charge in [0.1, 0.15) is 23.9 Å². The highest BCUT2D eigenvalue weighted by Gasteiger charge is 2.33. The molecule has 4 atom stereocenters. The average Bonchev–Trinajstić information content (AvgIpc) is 2.96. The second kappa shape index (κ2) is 18.2. The van der Waals surface area contributed by atoms with E-state index in [1.807, 2.05) is 0 Å². The van der Waals surface area contributed by atoms with Gasteiger partial charge >= 0.3 is 5.97 Å². The lowest BCUT2D eigenvalue weighted by atomic mass is 9.99. The molecule has 0 spiro atoms. The van der Waals surface area contributed by atoms with Crippen LogP contribution in [0.15, 0.2) is 24.3 Å². The first kappa shape index (κ1) is 35.7. The smallest absolute Gasteiger partial charge is 0.305 e. The molecule has 0 radical (unpaired) electrons. The van der Waals surface area contributed by atoms with E-state index in [1.165, 1.54) is 24.3 Å². The topological polar surface area (TPSA) is 267 Å². The van der Waals surface area contributed by atoms with Gasteiger partial charge in [0.15, 0.2) is 5.78 Å². The number of nitrogens with two attached hydrogens (primary N) is 2. The summed E-state index contributed by atoms with van der Waals surface area (Å²) in [5, 5.41) is 36.6. The first-order valence-corrected chi connectivity index (χ1v) is 14.7. The van der Waals surface area contributed by atoms with Crippen LogP contribution in [0, 0.1) is 5.41 Å². The Labute approximate surface area is 255 Å². The molecule has 0 saturated carbocycles. The van der Waals surface area contributed by atoms with Crippen molar-refractivity contribution in [3.05, 3.63) is 29.8 Å². The molecule has 1 saturated heterocycles. The first-order valence-electron chi connectivity index (χ1n) is 14.7. The SMILES string of the molecule is N=C(N)CCCC[C@@H]1NC(=O)[C@H](CCCCN)NC(=O)[C@@H](Cc2ccc(O)cc2)NC(=O)[C@H](CC(=O)O)NC(=O)CCC1=O. The molecule has 1 aliphatic rings. The molecule has 15 nitrogen and oxygen atoms in total. The summed E-state index contributed by atoms with van der Waals surface area (Å²) in [6.45, 7) is 0.352. The van der Waals surface area contributed by atoms with E-state index in [-0.39, 0.29) is 43.7 Å². The average molecular weight is 618 g/mol. The molecule has 0 unspecified atom stereocenters. The van der Waals surface area contributed by atoms with Crippen LogP contribution in [0.5, 0.6) is 5.75 Å². The highest BCUT2D eigenvalue weighted by atomic mass is 16.4. The van der Waals surface area contributed by atoms with Crippen LogP contribution in [0.3, 0.4) is 0 Å². The van der Waals surface area contributed by atoms with Gasteiger partial charge in [0.25, 0.3) is 0 Å². The number of aromatic hydroxyl groups is 1. The van der Waals surface area contributed by atoms with Gasteiger partial charge in [-0.3, -0.25) is 34.2 Å². The maximum absolute atomic E-state index is 13.6. The Morgan fingerprint density at radius 1 is 0.795 bits per heavy atom. The molecule has 0 aliphatic carbocycles. The number of hydrogen-bond donors (Lipinski definition) is 9. The number of nitrogens with one attached hydrogen (secondary N) is 5. The van der Waals surface area contributed by atoms with E-state index in [2.05, 4.69) is 21.3 Å². The van der Waals surface area contributed by atoms with Gasteiger partial charge in [-0.2, -0.15) is 0 Å². The standard InChI is InChI=1S/C29H43N7O8/c30-14-4-3-6-20-27(42)34-19(5-1-2-7-24(31)32)23(38)12-13-25(39)33-22(16-26(40)41)29(44)36-21(28(43)35-20)15-17-8-10-18(37)11-9-17/h8-11,19-22,37H,1-7,12-16,30H2,(H3,31,32)(H,33,39)(H,34,42)(H,35,43)(H,36,44)(H,40,41)/t19-,20-,21+,22-/m0/s1. The molecule has 1 heterocycles. The second-order valence-electron chi connectivity index (χ2n) is 10.8. The lowest BCUT2D eigenvalue weighted by Gasteiger charge is -2.26. The summed E-state index contributed by atoms with van der Waals surface area (Å²) in [6.07, 6.45) is 1.15. The third-order valence-electron chi connectivity index (χ3n) is 7.11. The van der Waals surface area contributed by atoms with Gasteiger partial charge in [0.05, 0.1) is 18.3 Å². The van der Waals surface area contributed by atoms with Crippen LogP contribution in [0.2, 0.25) is 0 Å². The largest absolute Gasteiger partial charge is 0.508 e. The molecule has 11 N–H and O–H groups in total. The molecule has 2 rings (SSSR count). The number of carbonyl (C=O) groups excluding carboxylic acids is 5. The molecule has 1 aromatic rings. The fourth-order valence-corrected chi connectivity index (χ4v) is 4.69. The van der Waals surface area contributed by atoms with Gasteiger partial charge in [0.2, 0.25) is 23.6 Å². The predicted molar refractivity (Wildman–Crippen MR) is 159 cm³/mol. The number of carbonyl (C=O) groups is 6. The number of aliphatic carboxylic acids is 1. The van der Waals surface area contributed by atoms with Gasteiger partial charge in [-0.25, -0.2) is 0 Å². The Balaban J connectivity index is 2.44. The van der Waals surface area contributed by atoms with Gasteiger partial charge < -0.3 is 42.9 Å². The number of carboxylic acid groups (broad SMARTS) is 1. The molecule has 0 aromatic heterocycles. The van der Waals surface area contributed by atoms with Crippen molar-refractivity contribution in [1.82, 2.24) is 21.3 Å². The van der Waals surface area contributed by atoms with Gasteiger partial charge in [0, 0.05) is 25.7 Å². The minimum Gasteiger partial charge on any atom is -0.508 e.